The third kappa shape index (κ3) is 5.64. The first-order valence-electron chi connectivity index (χ1n) is 12.7. The van der Waals surface area contributed by atoms with Crippen molar-refractivity contribution in [2.45, 2.75) is 25.3 Å². The Kier molecular flexibility index (Phi) is 8.53. The Bertz CT molecular complexity index is 1470. The lowest BCUT2D eigenvalue weighted by atomic mass is 9.72. The van der Waals surface area contributed by atoms with Gasteiger partial charge in [0.25, 0.3) is 0 Å². The molecule has 222 valence electrons. The number of carbonyl (C=O) groups is 5. The van der Waals surface area contributed by atoms with E-state index in [2.05, 4.69) is 10.6 Å². The van der Waals surface area contributed by atoms with Crippen molar-refractivity contribution in [2.24, 2.45) is 5.73 Å². The Labute approximate surface area is 237 Å². The van der Waals surface area contributed by atoms with E-state index in [4.69, 9.17) is 10.4 Å². The Morgan fingerprint density at radius 3 is 2.55 bits per heavy atom. The van der Waals surface area contributed by atoms with Crippen molar-refractivity contribution < 1.29 is 53.4 Å². The number of hydrogen-bond acceptors (Lipinski definition) is 10. The fourth-order valence-electron chi connectivity index (χ4n) is 4.76. The first-order valence-corrected chi connectivity index (χ1v) is 12.7. The zero-order valence-corrected chi connectivity index (χ0v) is 22.2. The maximum Gasteiger partial charge on any atom is 0.547 e. The van der Waals surface area contributed by atoms with Gasteiger partial charge in [-0.3, -0.25) is 19.3 Å². The van der Waals surface area contributed by atoms with E-state index < -0.39 is 77.5 Å². The van der Waals surface area contributed by atoms with Gasteiger partial charge < -0.3 is 46.3 Å². The number of urea groups is 1. The minimum absolute atomic E-state index is 0.00135. The zero-order chi connectivity index (χ0) is 30.9. The zero-order valence-electron chi connectivity index (χ0n) is 22.2. The second-order valence-electron chi connectivity index (χ2n) is 9.61. The number of benzene rings is 2. The van der Waals surface area contributed by atoms with Gasteiger partial charge in [-0.2, -0.15) is 0 Å². The molecule has 15 nitrogen and oxygen atoms in total. The largest absolute Gasteiger partial charge is 0.547 e. The van der Waals surface area contributed by atoms with Crippen LogP contribution in [0.25, 0.3) is 0 Å². The molecule has 4 rings (SSSR count). The molecule has 0 radical (unpaired) electrons. The Hall–Kier alpha value is -4.90. The number of phenols is 2. The number of phenolic OH excluding ortho intramolecular Hbond substituents is 2. The fraction of sp³-hybridized carbons (Fsp3) is 0.320. The minimum Gasteiger partial charge on any atom is -0.534 e. The Morgan fingerprint density at radius 2 is 1.88 bits per heavy atom. The second-order valence-corrected chi connectivity index (χ2v) is 9.61. The van der Waals surface area contributed by atoms with Crippen LogP contribution in [0, 0.1) is 12.7 Å². The van der Waals surface area contributed by atoms with Crippen LogP contribution in [0.1, 0.15) is 33.1 Å². The van der Waals surface area contributed by atoms with Gasteiger partial charge in [-0.05, 0) is 36.6 Å². The van der Waals surface area contributed by atoms with Gasteiger partial charge in [0.1, 0.15) is 23.2 Å². The highest BCUT2D eigenvalue weighted by molar-refractivity contribution is 6.47. The highest BCUT2D eigenvalue weighted by Gasteiger charge is 2.42. The molecule has 2 aromatic rings. The molecule has 1 fully saturated rings. The standard InChI is InChI=1S/C25H27BFN5O10/c1-11-13(3-5-15(33)19(11)34)18(30-25(40)32-9-8-31(7-6-28)22(36)23(32)37)21(35)29-16-10-12-2-4-14(27)17(24(38)39)20(12)42-26(16)41/h2-5,16,18,33-34,41H,6-10,28H2,1H3,(H,29,35)(H,30,40)(H,38,39)/t16-,18+/m0/s1. The van der Waals surface area contributed by atoms with Crippen LogP contribution in [0.5, 0.6) is 17.2 Å². The van der Waals surface area contributed by atoms with Gasteiger partial charge in [0.15, 0.2) is 11.5 Å². The number of halogens is 1. The molecule has 42 heavy (non-hydrogen) atoms. The highest BCUT2D eigenvalue weighted by Crippen LogP contribution is 2.35. The molecular weight excluding hydrogens is 560 g/mol. The highest BCUT2D eigenvalue weighted by atomic mass is 19.1. The fourth-order valence-corrected chi connectivity index (χ4v) is 4.76. The molecule has 0 saturated carbocycles. The summed E-state index contributed by atoms with van der Waals surface area (Å²) in [5, 5.41) is 44.9. The third-order valence-corrected chi connectivity index (χ3v) is 7.00. The molecule has 2 heterocycles. The van der Waals surface area contributed by atoms with Crippen LogP contribution in [0.15, 0.2) is 24.3 Å². The van der Waals surface area contributed by atoms with Gasteiger partial charge in [-0.15, -0.1) is 0 Å². The van der Waals surface area contributed by atoms with Crippen LogP contribution in [0.4, 0.5) is 9.18 Å². The third-order valence-electron chi connectivity index (χ3n) is 7.00. The molecule has 17 heteroatoms. The first-order chi connectivity index (χ1) is 19.8. The van der Waals surface area contributed by atoms with Crippen molar-refractivity contribution in [2.75, 3.05) is 26.2 Å². The maximum atomic E-state index is 14.1. The van der Waals surface area contributed by atoms with Gasteiger partial charge in [0.05, 0.1) is 5.94 Å². The van der Waals surface area contributed by atoms with Crippen molar-refractivity contribution in [1.29, 1.82) is 0 Å². The van der Waals surface area contributed by atoms with Crippen molar-refractivity contribution in [3.63, 3.8) is 0 Å². The van der Waals surface area contributed by atoms with E-state index in [0.29, 0.717) is 4.90 Å². The van der Waals surface area contributed by atoms with E-state index in [9.17, 15) is 48.7 Å². The molecule has 0 unspecified atom stereocenters. The van der Waals surface area contributed by atoms with Gasteiger partial charge >= 0.3 is 30.9 Å². The number of carboxylic acid groups (broad SMARTS) is 1. The molecule has 0 aromatic heterocycles. The number of nitrogens with zero attached hydrogens (tertiary/aromatic N) is 2. The molecule has 0 spiro atoms. The van der Waals surface area contributed by atoms with Gasteiger partial charge in [0, 0.05) is 31.7 Å². The number of carboxylic acids is 1. The number of amides is 5. The van der Waals surface area contributed by atoms with Gasteiger partial charge in [-0.1, -0.05) is 12.1 Å². The SMILES string of the molecule is Cc1c([C@@H](NC(=O)N2CCN(CCN)C(=O)C2=O)C(=O)N[C@H]2Cc3ccc(F)c(C(=O)O)c3OB2O)ccc(O)c1O. The summed E-state index contributed by atoms with van der Waals surface area (Å²) in [6, 6.07) is 1.70. The monoisotopic (exact) mass is 587 g/mol. The number of imide groups is 1. The molecule has 2 aromatic carbocycles. The van der Waals surface area contributed by atoms with Crippen LogP contribution >= 0.6 is 0 Å². The predicted octanol–water partition coefficient (Wildman–Crippen LogP) is -1.24. The minimum atomic E-state index is -1.83. The molecule has 2 aliphatic rings. The summed E-state index contributed by atoms with van der Waals surface area (Å²) in [6.07, 6.45) is -0.195. The van der Waals surface area contributed by atoms with E-state index in [1.165, 1.54) is 24.0 Å². The van der Waals surface area contributed by atoms with Crippen LogP contribution in [0.3, 0.4) is 0 Å². The quantitative estimate of drug-likeness (QED) is 0.115. The predicted molar refractivity (Wildman–Crippen MR) is 141 cm³/mol. The van der Waals surface area contributed by atoms with Crippen LogP contribution < -0.4 is 21.0 Å². The number of rotatable bonds is 7. The van der Waals surface area contributed by atoms with E-state index in [1.807, 2.05) is 0 Å². The normalized spacial score (nSPS) is 17.3. The summed E-state index contributed by atoms with van der Waals surface area (Å²) in [7, 11) is -1.83. The Balaban J connectivity index is 1.61. The average molecular weight is 587 g/mol. The van der Waals surface area contributed by atoms with Crippen molar-refractivity contribution in [3.8, 4) is 17.2 Å². The van der Waals surface area contributed by atoms with Crippen molar-refractivity contribution >= 4 is 36.8 Å². The number of aromatic hydroxyl groups is 2. The van der Waals surface area contributed by atoms with Crippen LogP contribution in [-0.2, 0) is 20.8 Å². The van der Waals surface area contributed by atoms with E-state index >= 15 is 0 Å². The molecule has 1 saturated heterocycles. The van der Waals surface area contributed by atoms with Crippen LogP contribution in [-0.4, -0.2) is 99.1 Å². The first kappa shape index (κ1) is 30.1. The van der Waals surface area contributed by atoms with Crippen molar-refractivity contribution in [3.05, 3.63) is 52.3 Å². The summed E-state index contributed by atoms with van der Waals surface area (Å²) in [5.74, 6) is -8.49. The molecule has 2 atom stereocenters. The summed E-state index contributed by atoms with van der Waals surface area (Å²) in [4.78, 5) is 65.1. The summed E-state index contributed by atoms with van der Waals surface area (Å²) in [6.45, 7) is 1.37. The van der Waals surface area contributed by atoms with E-state index in [-0.39, 0.29) is 49.3 Å². The molecule has 8 N–H and O–H groups in total. The maximum absolute atomic E-state index is 14.1. The number of hydrogen-bond donors (Lipinski definition) is 7. The van der Waals surface area contributed by atoms with Crippen LogP contribution in [0.2, 0.25) is 0 Å². The summed E-state index contributed by atoms with van der Waals surface area (Å²) >= 11 is 0. The molecule has 0 bridgehead atoms. The van der Waals surface area contributed by atoms with E-state index in [1.54, 1.807) is 0 Å². The lowest BCUT2D eigenvalue weighted by molar-refractivity contribution is -0.153. The Morgan fingerprint density at radius 1 is 1.17 bits per heavy atom. The van der Waals surface area contributed by atoms with Gasteiger partial charge in [-0.25, -0.2) is 14.0 Å². The number of nitrogens with one attached hydrogen (secondary N) is 2. The number of carbonyl (C=O) groups excluding carboxylic acids is 4. The summed E-state index contributed by atoms with van der Waals surface area (Å²) in [5.41, 5.74) is 4.83. The number of nitrogens with two attached hydrogens (primary N) is 1. The molecular formula is C25H27BFN5O10. The smallest absolute Gasteiger partial charge is 0.534 e. The van der Waals surface area contributed by atoms with E-state index in [0.717, 1.165) is 12.1 Å². The summed E-state index contributed by atoms with van der Waals surface area (Å²) < 4.78 is 19.3. The van der Waals surface area contributed by atoms with Gasteiger partial charge in [0.2, 0.25) is 5.91 Å². The topological polar surface area (TPSA) is 232 Å². The second kappa shape index (κ2) is 11.9. The molecule has 5 amide bonds. The number of aromatic carboxylic acids is 1. The average Bonchev–Trinajstić information content (AvgIpc) is 2.93. The molecule has 0 aliphatic carbocycles. The lowest BCUT2D eigenvalue weighted by Gasteiger charge is -2.34. The van der Waals surface area contributed by atoms with Crippen molar-refractivity contribution in [1.82, 2.24) is 20.4 Å². The lowest BCUT2D eigenvalue weighted by Crippen LogP contribution is -2.60. The number of fused-ring (bicyclic) bond motifs is 1. The molecule has 2 aliphatic heterocycles. The number of piperazine rings is 1.